The number of nitrogen functional groups attached to an aromatic ring is 1. The van der Waals surface area contributed by atoms with Gasteiger partial charge in [0.25, 0.3) is 5.91 Å². The third-order valence-corrected chi connectivity index (χ3v) is 3.32. The number of nitrogens with one attached hydrogen (secondary N) is 2. The number of nitrogens with two attached hydrogens (primary N) is 1. The fourth-order valence-corrected chi connectivity index (χ4v) is 2.15. The van der Waals surface area contributed by atoms with E-state index in [4.69, 9.17) is 5.84 Å². The lowest BCUT2D eigenvalue weighted by atomic mass is 10.2. The van der Waals surface area contributed by atoms with Gasteiger partial charge >= 0.3 is 0 Å². The Hall–Kier alpha value is -2.05. The maximum atomic E-state index is 12.1. The number of hydrazine groups is 1. The van der Waals surface area contributed by atoms with E-state index in [2.05, 4.69) is 15.7 Å². The smallest absolute Gasteiger partial charge is 0.255 e. The van der Waals surface area contributed by atoms with Crippen LogP contribution in [-0.2, 0) is 0 Å². The zero-order valence-electron chi connectivity index (χ0n) is 10.4. The largest absolute Gasteiger partial charge is 0.321 e. The molecule has 4 N–H and O–H groups in total. The average Bonchev–Trinajstić information content (AvgIpc) is 2.47. The minimum atomic E-state index is -0.194. The Kier molecular flexibility index (Phi) is 4.38. The van der Waals surface area contributed by atoms with E-state index in [1.54, 1.807) is 23.9 Å². The van der Waals surface area contributed by atoms with Gasteiger partial charge in [-0.15, -0.1) is 11.8 Å². The van der Waals surface area contributed by atoms with Gasteiger partial charge in [-0.25, -0.2) is 10.8 Å². The van der Waals surface area contributed by atoms with E-state index < -0.39 is 0 Å². The van der Waals surface area contributed by atoms with Gasteiger partial charge in [-0.2, -0.15) is 0 Å². The molecule has 19 heavy (non-hydrogen) atoms. The van der Waals surface area contributed by atoms with Crippen molar-refractivity contribution in [1.29, 1.82) is 0 Å². The van der Waals surface area contributed by atoms with Crippen molar-refractivity contribution in [2.75, 3.05) is 17.0 Å². The molecule has 6 heteroatoms. The van der Waals surface area contributed by atoms with E-state index in [0.717, 1.165) is 10.6 Å². The van der Waals surface area contributed by atoms with Crippen LogP contribution in [0.3, 0.4) is 0 Å². The molecule has 2 aromatic rings. The molecule has 0 atom stereocenters. The van der Waals surface area contributed by atoms with Crippen LogP contribution in [0.4, 0.5) is 11.5 Å². The zero-order valence-corrected chi connectivity index (χ0v) is 11.2. The Balaban J connectivity index is 2.20. The van der Waals surface area contributed by atoms with Gasteiger partial charge in [-0.05, 0) is 30.5 Å². The van der Waals surface area contributed by atoms with Crippen LogP contribution in [0.5, 0.6) is 0 Å². The molecule has 5 nitrogen and oxygen atoms in total. The van der Waals surface area contributed by atoms with Crippen LogP contribution >= 0.6 is 11.8 Å². The van der Waals surface area contributed by atoms with Crippen molar-refractivity contribution in [2.45, 2.75) is 4.90 Å². The molecule has 0 saturated heterocycles. The fourth-order valence-electron chi connectivity index (χ4n) is 1.59. The molecular formula is C13H14N4OS. The number of benzene rings is 1. The maximum absolute atomic E-state index is 12.1. The number of thioether (sulfide) groups is 1. The molecule has 0 unspecified atom stereocenters. The van der Waals surface area contributed by atoms with Gasteiger partial charge in [0.15, 0.2) is 0 Å². The summed E-state index contributed by atoms with van der Waals surface area (Å²) in [5, 5.41) is 2.87. The maximum Gasteiger partial charge on any atom is 0.255 e. The zero-order chi connectivity index (χ0) is 13.7. The number of rotatable bonds is 4. The second-order valence-corrected chi connectivity index (χ2v) is 4.58. The third-order valence-electron chi connectivity index (χ3n) is 2.53. The molecule has 0 radical (unpaired) electrons. The summed E-state index contributed by atoms with van der Waals surface area (Å²) in [4.78, 5) is 17.1. The summed E-state index contributed by atoms with van der Waals surface area (Å²) in [5.41, 5.74) is 3.70. The monoisotopic (exact) mass is 274 g/mol. The van der Waals surface area contributed by atoms with Crippen LogP contribution in [0.1, 0.15) is 10.4 Å². The predicted molar refractivity (Wildman–Crippen MR) is 78.2 cm³/mol. The number of carbonyl (C=O) groups is 1. The number of hydrogen-bond acceptors (Lipinski definition) is 5. The minimum absolute atomic E-state index is 0.194. The minimum Gasteiger partial charge on any atom is -0.321 e. The van der Waals surface area contributed by atoms with E-state index in [1.165, 1.54) is 6.20 Å². The van der Waals surface area contributed by atoms with Crippen molar-refractivity contribution >= 4 is 29.2 Å². The molecule has 1 aromatic heterocycles. The Labute approximate surface area is 115 Å². The molecule has 1 amide bonds. The topological polar surface area (TPSA) is 80.0 Å². The lowest BCUT2D eigenvalue weighted by Gasteiger charge is -2.09. The summed E-state index contributed by atoms with van der Waals surface area (Å²) in [5.74, 6) is 5.53. The number of hydrogen-bond donors (Lipinski definition) is 3. The number of aromatic nitrogens is 1. The highest BCUT2D eigenvalue weighted by Crippen LogP contribution is 2.25. The number of anilines is 2. The van der Waals surface area contributed by atoms with Gasteiger partial charge in [-0.3, -0.25) is 4.79 Å². The van der Waals surface area contributed by atoms with Crippen molar-refractivity contribution < 1.29 is 4.79 Å². The van der Waals surface area contributed by atoms with E-state index in [0.29, 0.717) is 11.4 Å². The molecule has 0 aliphatic carbocycles. The Morgan fingerprint density at radius 1 is 1.32 bits per heavy atom. The van der Waals surface area contributed by atoms with Crippen molar-refractivity contribution in [3.05, 3.63) is 48.2 Å². The van der Waals surface area contributed by atoms with Crippen LogP contribution < -0.4 is 16.6 Å². The van der Waals surface area contributed by atoms with Crippen LogP contribution in [0, 0.1) is 0 Å². The molecule has 2 rings (SSSR count). The first-order chi connectivity index (χ1) is 9.24. The molecule has 1 heterocycles. The van der Waals surface area contributed by atoms with Gasteiger partial charge in [0.2, 0.25) is 0 Å². The summed E-state index contributed by atoms with van der Waals surface area (Å²) in [6.45, 7) is 0. The number of carbonyl (C=O) groups excluding carboxylic acids is 1. The normalized spacial score (nSPS) is 10.0. The van der Waals surface area contributed by atoms with E-state index >= 15 is 0 Å². The molecule has 0 aliphatic heterocycles. The van der Waals surface area contributed by atoms with Crippen LogP contribution in [0.15, 0.2) is 47.5 Å². The first kappa shape index (κ1) is 13.4. The van der Waals surface area contributed by atoms with Crippen LogP contribution in [0.2, 0.25) is 0 Å². The fraction of sp³-hybridized carbons (Fsp3) is 0.0769. The Bertz CT molecular complexity index is 588. The summed E-state index contributed by atoms with van der Waals surface area (Å²) in [7, 11) is 0. The van der Waals surface area contributed by atoms with Gasteiger partial charge in [0, 0.05) is 16.7 Å². The molecule has 98 valence electrons. The summed E-state index contributed by atoms with van der Waals surface area (Å²) in [6, 6.07) is 10.9. The van der Waals surface area contributed by atoms with Gasteiger partial charge < -0.3 is 10.7 Å². The highest BCUT2D eigenvalue weighted by atomic mass is 32.2. The van der Waals surface area contributed by atoms with Crippen molar-refractivity contribution in [1.82, 2.24) is 4.98 Å². The van der Waals surface area contributed by atoms with Crippen molar-refractivity contribution in [2.24, 2.45) is 5.84 Å². The second-order valence-electron chi connectivity index (χ2n) is 3.73. The first-order valence-corrected chi connectivity index (χ1v) is 6.84. The molecule has 0 bridgehead atoms. The van der Waals surface area contributed by atoms with Crippen molar-refractivity contribution in [3.8, 4) is 0 Å². The molecule has 0 fully saturated rings. The SMILES string of the molecule is CSc1ccccc1NC(=O)c1ccnc(NN)c1. The second kappa shape index (κ2) is 6.21. The molecule has 1 aromatic carbocycles. The lowest BCUT2D eigenvalue weighted by Crippen LogP contribution is -2.14. The highest BCUT2D eigenvalue weighted by molar-refractivity contribution is 7.98. The first-order valence-electron chi connectivity index (χ1n) is 5.61. The highest BCUT2D eigenvalue weighted by Gasteiger charge is 2.09. The van der Waals surface area contributed by atoms with E-state index in [-0.39, 0.29) is 5.91 Å². The molecule has 0 aliphatic rings. The van der Waals surface area contributed by atoms with Gasteiger partial charge in [-0.1, -0.05) is 12.1 Å². The van der Waals surface area contributed by atoms with Crippen LogP contribution in [-0.4, -0.2) is 17.1 Å². The number of para-hydroxylation sites is 1. The predicted octanol–water partition coefficient (Wildman–Crippen LogP) is 2.34. The quantitative estimate of drug-likeness (QED) is 0.453. The van der Waals surface area contributed by atoms with Crippen LogP contribution in [0.25, 0.3) is 0 Å². The number of pyridine rings is 1. The summed E-state index contributed by atoms with van der Waals surface area (Å²) < 4.78 is 0. The molecule has 0 spiro atoms. The Morgan fingerprint density at radius 3 is 2.84 bits per heavy atom. The lowest BCUT2D eigenvalue weighted by molar-refractivity contribution is 0.102. The third kappa shape index (κ3) is 3.24. The molecular weight excluding hydrogens is 260 g/mol. The molecule has 0 saturated carbocycles. The van der Waals surface area contributed by atoms with Crippen molar-refractivity contribution in [3.63, 3.8) is 0 Å². The standard InChI is InChI=1S/C13H14N4OS/c1-19-11-5-3-2-4-10(11)16-13(18)9-6-7-15-12(8-9)17-14/h2-8H,14H2,1H3,(H,15,17)(H,16,18). The van der Waals surface area contributed by atoms with E-state index in [9.17, 15) is 4.79 Å². The Morgan fingerprint density at radius 2 is 2.11 bits per heavy atom. The average molecular weight is 274 g/mol. The van der Waals surface area contributed by atoms with Gasteiger partial charge in [0.1, 0.15) is 5.82 Å². The van der Waals surface area contributed by atoms with E-state index in [1.807, 2.05) is 30.5 Å². The number of nitrogens with zero attached hydrogens (tertiary/aromatic N) is 1. The number of amides is 1. The summed E-state index contributed by atoms with van der Waals surface area (Å²) >= 11 is 1.58. The summed E-state index contributed by atoms with van der Waals surface area (Å²) in [6.07, 6.45) is 3.50. The van der Waals surface area contributed by atoms with Gasteiger partial charge in [0.05, 0.1) is 5.69 Å².